The lowest BCUT2D eigenvalue weighted by atomic mass is 10.0. The smallest absolute Gasteiger partial charge is 0.0540 e. The molecule has 0 aliphatic carbocycles. The van der Waals surface area contributed by atoms with Crippen LogP contribution in [0.15, 0.2) is 164 Å². The van der Waals surface area contributed by atoms with E-state index in [2.05, 4.69) is 174 Å². The third kappa shape index (κ3) is 4.80. The van der Waals surface area contributed by atoms with Crippen molar-refractivity contribution in [2.75, 3.05) is 4.90 Å². The number of hydrogen-bond acceptors (Lipinski definition) is 1. The maximum Gasteiger partial charge on any atom is 0.0540 e. The summed E-state index contributed by atoms with van der Waals surface area (Å²) < 4.78 is 0. The van der Waals surface area contributed by atoms with Crippen molar-refractivity contribution in [1.29, 1.82) is 0 Å². The fourth-order valence-corrected chi connectivity index (χ4v) is 4.91. The van der Waals surface area contributed by atoms with E-state index < -0.39 is 0 Å². The summed E-state index contributed by atoms with van der Waals surface area (Å²) in [6, 6.07) is 56.9. The van der Waals surface area contributed by atoms with Crippen molar-refractivity contribution in [1.82, 2.24) is 4.98 Å². The number of rotatable bonds is 4. The lowest BCUT2D eigenvalue weighted by molar-refractivity contribution is 1.28. The fourth-order valence-electron chi connectivity index (χ4n) is 4.91. The van der Waals surface area contributed by atoms with Crippen LogP contribution >= 0.6 is 0 Å². The van der Waals surface area contributed by atoms with Gasteiger partial charge in [0.05, 0.1) is 5.69 Å². The number of fused-ring (bicyclic) bond motifs is 3. The minimum atomic E-state index is 1.15. The van der Waals surface area contributed by atoms with Gasteiger partial charge in [0.25, 0.3) is 0 Å². The molecule has 2 heteroatoms. The van der Waals surface area contributed by atoms with Gasteiger partial charge in [0, 0.05) is 38.7 Å². The molecule has 1 N–H and O–H groups in total. The number of nitrogens with one attached hydrogen (secondary N) is 1. The van der Waals surface area contributed by atoms with E-state index in [0.717, 1.165) is 11.4 Å². The first-order chi connectivity index (χ1) is 18.9. The molecule has 7 rings (SSSR count). The van der Waals surface area contributed by atoms with E-state index in [1.165, 1.54) is 38.6 Å². The first-order valence-electron chi connectivity index (χ1n) is 12.9. The Morgan fingerprint density at radius 3 is 1.34 bits per heavy atom. The lowest BCUT2D eigenvalue weighted by Crippen LogP contribution is -2.10. The summed E-state index contributed by atoms with van der Waals surface area (Å²) in [6.45, 7) is 0. The molecule has 1 aromatic heterocycles. The molecule has 0 aliphatic rings. The molecule has 0 saturated carbocycles. The largest absolute Gasteiger partial charge is 0.355 e. The number of nitrogens with zero attached hydrogens (tertiary/aromatic N) is 1. The molecule has 0 fully saturated rings. The maximum absolute atomic E-state index is 3.38. The molecule has 0 aliphatic heterocycles. The highest BCUT2D eigenvalue weighted by molar-refractivity contribution is 6.07. The van der Waals surface area contributed by atoms with E-state index in [1.54, 1.807) is 0 Å². The summed E-state index contributed by atoms with van der Waals surface area (Å²) in [6.07, 6.45) is 0. The van der Waals surface area contributed by atoms with Crippen LogP contribution in [0.2, 0.25) is 0 Å². The van der Waals surface area contributed by atoms with Crippen molar-refractivity contribution >= 4 is 38.9 Å². The predicted molar refractivity (Wildman–Crippen MR) is 162 cm³/mol. The highest BCUT2D eigenvalue weighted by atomic mass is 15.1. The Hall–Kier alpha value is -5.08. The van der Waals surface area contributed by atoms with Gasteiger partial charge in [-0.2, -0.15) is 0 Å². The van der Waals surface area contributed by atoms with E-state index in [1.807, 2.05) is 0 Å². The molecule has 38 heavy (non-hydrogen) atoms. The number of para-hydroxylation sites is 5. The number of hydrogen-bond donors (Lipinski definition) is 1. The second-order valence-electron chi connectivity index (χ2n) is 9.11. The Balaban J connectivity index is 0.000000169. The first kappa shape index (κ1) is 23.3. The predicted octanol–water partition coefficient (Wildman–Crippen LogP) is 10.1. The van der Waals surface area contributed by atoms with Crippen LogP contribution in [0.4, 0.5) is 17.1 Å². The Kier molecular flexibility index (Phi) is 6.69. The minimum absolute atomic E-state index is 1.15. The second kappa shape index (κ2) is 10.9. The van der Waals surface area contributed by atoms with E-state index in [-0.39, 0.29) is 0 Å². The fraction of sp³-hybridized carbons (Fsp3) is 0. The second-order valence-corrected chi connectivity index (χ2v) is 9.11. The van der Waals surface area contributed by atoms with E-state index in [0.29, 0.717) is 0 Å². The molecule has 0 atom stereocenters. The minimum Gasteiger partial charge on any atom is -0.355 e. The van der Waals surface area contributed by atoms with Crippen molar-refractivity contribution in [3.05, 3.63) is 164 Å². The van der Waals surface area contributed by atoms with Gasteiger partial charge in [-0.1, -0.05) is 121 Å². The molecule has 0 unspecified atom stereocenters. The third-order valence-corrected chi connectivity index (χ3v) is 6.67. The van der Waals surface area contributed by atoms with Gasteiger partial charge in [-0.05, 0) is 48.0 Å². The number of aromatic amines is 1. The summed E-state index contributed by atoms with van der Waals surface area (Å²) in [5.74, 6) is 0. The van der Waals surface area contributed by atoms with Crippen LogP contribution in [0.25, 0.3) is 32.9 Å². The van der Waals surface area contributed by atoms with Crippen LogP contribution in [-0.4, -0.2) is 4.98 Å². The van der Waals surface area contributed by atoms with Gasteiger partial charge >= 0.3 is 0 Å². The van der Waals surface area contributed by atoms with Crippen molar-refractivity contribution in [3.63, 3.8) is 0 Å². The van der Waals surface area contributed by atoms with Gasteiger partial charge in [-0.15, -0.1) is 0 Å². The summed E-state index contributed by atoms with van der Waals surface area (Å²) in [5, 5.41) is 2.61. The molecule has 0 spiro atoms. The molecule has 1 heterocycles. The molecule has 2 nitrogen and oxygen atoms in total. The highest BCUT2D eigenvalue weighted by Gasteiger charge is 2.15. The Bertz CT molecular complexity index is 1660. The Morgan fingerprint density at radius 2 is 0.789 bits per heavy atom. The van der Waals surface area contributed by atoms with Crippen LogP contribution in [0, 0.1) is 0 Å². The van der Waals surface area contributed by atoms with E-state index in [9.17, 15) is 0 Å². The van der Waals surface area contributed by atoms with Gasteiger partial charge in [0.1, 0.15) is 0 Å². The van der Waals surface area contributed by atoms with Gasteiger partial charge < -0.3 is 9.88 Å². The molecule has 7 aromatic rings. The van der Waals surface area contributed by atoms with Crippen LogP contribution in [0.1, 0.15) is 0 Å². The van der Waals surface area contributed by atoms with Crippen LogP contribution in [-0.2, 0) is 0 Å². The first-order valence-corrected chi connectivity index (χ1v) is 12.9. The van der Waals surface area contributed by atoms with Gasteiger partial charge in [-0.25, -0.2) is 0 Å². The molecule has 0 amide bonds. The van der Waals surface area contributed by atoms with Crippen molar-refractivity contribution < 1.29 is 0 Å². The zero-order chi connectivity index (χ0) is 25.6. The average Bonchev–Trinajstić information content (AvgIpc) is 3.38. The molecule has 6 aromatic carbocycles. The normalized spacial score (nSPS) is 10.6. The topological polar surface area (TPSA) is 19.0 Å². The summed E-state index contributed by atoms with van der Waals surface area (Å²) in [4.78, 5) is 5.69. The van der Waals surface area contributed by atoms with Crippen LogP contribution < -0.4 is 4.90 Å². The van der Waals surface area contributed by atoms with E-state index >= 15 is 0 Å². The van der Waals surface area contributed by atoms with Gasteiger partial charge in [0.2, 0.25) is 0 Å². The highest BCUT2D eigenvalue weighted by Crippen LogP contribution is 2.40. The lowest BCUT2D eigenvalue weighted by Gasteiger charge is -2.27. The zero-order valence-electron chi connectivity index (χ0n) is 21.0. The summed E-state index contributed by atoms with van der Waals surface area (Å²) >= 11 is 0. The standard InChI is InChI=1S/C24H19N.C12H9N/c1-4-12-20(13-5-1)23-18-10-11-19-24(23)25(21-14-6-2-7-15-21)22-16-8-3-9-17-22;1-3-7-11-9(5-1)10-6-2-4-8-12(10)13-11/h1-19H;1-8,13H. The Morgan fingerprint density at radius 1 is 0.368 bits per heavy atom. The number of benzene rings is 6. The van der Waals surface area contributed by atoms with Crippen molar-refractivity contribution in [2.45, 2.75) is 0 Å². The quantitative estimate of drug-likeness (QED) is 0.261. The monoisotopic (exact) mass is 488 g/mol. The van der Waals surface area contributed by atoms with Crippen LogP contribution in [0.3, 0.4) is 0 Å². The Labute approximate surface area is 223 Å². The SMILES string of the molecule is c1ccc(-c2ccccc2N(c2ccccc2)c2ccccc2)cc1.c1ccc2c(c1)[nH]c1ccccc12. The van der Waals surface area contributed by atoms with Crippen molar-refractivity contribution in [2.24, 2.45) is 0 Å². The maximum atomic E-state index is 3.38. The molecule has 0 bridgehead atoms. The third-order valence-electron chi connectivity index (χ3n) is 6.67. The molecule has 0 saturated heterocycles. The molecule has 182 valence electrons. The summed E-state index contributed by atoms with van der Waals surface area (Å²) in [7, 11) is 0. The van der Waals surface area contributed by atoms with Crippen molar-refractivity contribution in [3.8, 4) is 11.1 Å². The van der Waals surface area contributed by atoms with E-state index in [4.69, 9.17) is 0 Å². The molecular formula is C36H28N2. The number of H-pyrrole nitrogens is 1. The molecular weight excluding hydrogens is 460 g/mol. The number of anilines is 3. The van der Waals surface area contributed by atoms with Gasteiger partial charge in [-0.3, -0.25) is 0 Å². The zero-order valence-corrected chi connectivity index (χ0v) is 21.0. The molecule has 0 radical (unpaired) electrons. The van der Waals surface area contributed by atoms with Gasteiger partial charge in [0.15, 0.2) is 0 Å². The van der Waals surface area contributed by atoms with Crippen LogP contribution in [0.5, 0.6) is 0 Å². The number of aromatic nitrogens is 1. The average molecular weight is 489 g/mol. The summed E-state index contributed by atoms with van der Waals surface area (Å²) in [5.41, 5.74) is 8.33.